The van der Waals surface area contributed by atoms with Gasteiger partial charge in [-0.2, -0.15) is 0 Å². The molecule has 0 bridgehead atoms. The van der Waals surface area contributed by atoms with Crippen molar-refractivity contribution in [2.75, 3.05) is 36.4 Å². The summed E-state index contributed by atoms with van der Waals surface area (Å²) in [5.74, 6) is -0.216. The van der Waals surface area contributed by atoms with Crippen molar-refractivity contribution >= 4 is 28.9 Å². The number of anilines is 2. The van der Waals surface area contributed by atoms with Crippen molar-refractivity contribution in [1.29, 1.82) is 0 Å². The minimum atomic E-state index is -0.405. The average Bonchev–Trinajstić information content (AvgIpc) is 2.84. The number of carbonyl (C=O) groups excluding carboxylic acids is 2. The number of carbonyl (C=O) groups is 2. The second-order valence-electron chi connectivity index (χ2n) is 9.10. The van der Waals surface area contributed by atoms with Gasteiger partial charge in [-0.3, -0.25) is 19.7 Å². The monoisotopic (exact) mass is 450 g/mol. The Kier molecular flexibility index (Phi) is 6.91. The van der Waals surface area contributed by atoms with E-state index in [1.807, 2.05) is 35.2 Å². The minimum Gasteiger partial charge on any atom is -0.366 e. The van der Waals surface area contributed by atoms with Gasteiger partial charge in [0.25, 0.3) is 11.6 Å². The molecule has 2 amide bonds. The summed E-state index contributed by atoms with van der Waals surface area (Å²) in [7, 11) is 0. The molecule has 0 aromatic heterocycles. The minimum absolute atomic E-state index is 0.0367. The van der Waals surface area contributed by atoms with Crippen molar-refractivity contribution in [1.82, 2.24) is 4.90 Å². The molecule has 1 N–H and O–H groups in total. The van der Waals surface area contributed by atoms with Crippen molar-refractivity contribution in [3.63, 3.8) is 0 Å². The number of hydrogen-bond donors (Lipinski definition) is 1. The van der Waals surface area contributed by atoms with Gasteiger partial charge in [-0.05, 0) is 55.9 Å². The highest BCUT2D eigenvalue weighted by molar-refractivity contribution is 5.97. The molecule has 2 fully saturated rings. The topological polar surface area (TPSA) is 95.8 Å². The summed E-state index contributed by atoms with van der Waals surface area (Å²) in [5, 5.41) is 14.7. The summed E-state index contributed by atoms with van der Waals surface area (Å²) >= 11 is 0. The summed E-state index contributed by atoms with van der Waals surface area (Å²) in [6, 6.07) is 14.0. The van der Waals surface area contributed by atoms with Crippen molar-refractivity contribution in [2.24, 2.45) is 11.8 Å². The molecule has 8 heteroatoms. The zero-order valence-corrected chi connectivity index (χ0v) is 18.9. The molecule has 2 saturated heterocycles. The Hall–Kier alpha value is -3.42. The number of nitrogens with zero attached hydrogens (tertiary/aromatic N) is 3. The van der Waals surface area contributed by atoms with Gasteiger partial charge in [0, 0.05) is 43.5 Å². The highest BCUT2D eigenvalue weighted by Gasteiger charge is 2.31. The van der Waals surface area contributed by atoms with E-state index in [4.69, 9.17) is 0 Å². The highest BCUT2D eigenvalue weighted by atomic mass is 16.6. The molecule has 174 valence electrons. The number of likely N-dealkylation sites (tertiary alicyclic amines) is 1. The van der Waals surface area contributed by atoms with E-state index in [0.717, 1.165) is 31.6 Å². The molecule has 0 saturated carbocycles. The van der Waals surface area contributed by atoms with Crippen LogP contribution >= 0.6 is 0 Å². The lowest BCUT2D eigenvalue weighted by atomic mass is 9.96. The first kappa shape index (κ1) is 22.8. The van der Waals surface area contributed by atoms with E-state index in [2.05, 4.69) is 12.2 Å². The van der Waals surface area contributed by atoms with Gasteiger partial charge in [0.15, 0.2) is 0 Å². The first-order valence-corrected chi connectivity index (χ1v) is 11.6. The van der Waals surface area contributed by atoms with Crippen LogP contribution in [0.15, 0.2) is 48.5 Å². The molecule has 2 aliphatic rings. The van der Waals surface area contributed by atoms with Gasteiger partial charge in [-0.1, -0.05) is 25.1 Å². The number of nitrogens with one attached hydrogen (secondary N) is 1. The van der Waals surface area contributed by atoms with Gasteiger partial charge in [-0.25, -0.2) is 0 Å². The molecule has 33 heavy (non-hydrogen) atoms. The number of para-hydroxylation sites is 1. The number of hydrogen-bond acceptors (Lipinski definition) is 5. The Labute approximate surface area is 193 Å². The maximum absolute atomic E-state index is 13.2. The zero-order chi connectivity index (χ0) is 23.4. The van der Waals surface area contributed by atoms with Crippen LogP contribution in [0.4, 0.5) is 17.1 Å². The second-order valence-corrected chi connectivity index (χ2v) is 9.10. The van der Waals surface area contributed by atoms with Crippen LogP contribution in [0, 0.1) is 22.0 Å². The van der Waals surface area contributed by atoms with Crippen molar-refractivity contribution in [3.05, 3.63) is 64.2 Å². The predicted molar refractivity (Wildman–Crippen MR) is 127 cm³/mol. The van der Waals surface area contributed by atoms with Gasteiger partial charge in [0.1, 0.15) is 5.69 Å². The Morgan fingerprint density at radius 1 is 1.03 bits per heavy atom. The standard InChI is InChI=1S/C25H30N4O4/c1-18-7-5-13-27(16-18)22-12-11-19(15-23(22)29(32)33)25(31)28-14-6-8-20(17-28)24(30)26-21-9-3-2-4-10-21/h2-4,9-12,15,18,20H,5-8,13-14,16-17H2,1H3,(H,26,30)/t18-,20+/m1/s1. The van der Waals surface area contributed by atoms with Crippen LogP contribution in [-0.2, 0) is 4.79 Å². The Balaban J connectivity index is 1.48. The molecule has 2 aromatic carbocycles. The highest BCUT2D eigenvalue weighted by Crippen LogP contribution is 2.33. The van der Waals surface area contributed by atoms with Crippen molar-refractivity contribution in [3.8, 4) is 0 Å². The molecule has 4 rings (SSSR count). The number of rotatable bonds is 5. The number of nitro groups is 1. The smallest absolute Gasteiger partial charge is 0.293 e. The summed E-state index contributed by atoms with van der Waals surface area (Å²) in [4.78, 5) is 41.0. The van der Waals surface area contributed by atoms with Gasteiger partial charge in [-0.15, -0.1) is 0 Å². The van der Waals surface area contributed by atoms with E-state index in [0.29, 0.717) is 43.1 Å². The molecule has 0 radical (unpaired) electrons. The normalized spacial score (nSPS) is 20.9. The molecule has 2 atom stereocenters. The molecule has 8 nitrogen and oxygen atoms in total. The van der Waals surface area contributed by atoms with Crippen molar-refractivity contribution in [2.45, 2.75) is 32.6 Å². The Morgan fingerprint density at radius 2 is 1.79 bits per heavy atom. The summed E-state index contributed by atoms with van der Waals surface area (Å²) < 4.78 is 0. The number of benzene rings is 2. The molecule has 2 aromatic rings. The predicted octanol–water partition coefficient (Wildman–Crippen LogP) is 4.32. The van der Waals surface area contributed by atoms with Crippen LogP contribution in [0.5, 0.6) is 0 Å². The summed E-state index contributed by atoms with van der Waals surface area (Å²) in [6.07, 6.45) is 3.53. The van der Waals surface area contributed by atoms with E-state index in [-0.39, 0.29) is 23.4 Å². The third-order valence-corrected chi connectivity index (χ3v) is 6.54. The van der Waals surface area contributed by atoms with E-state index in [9.17, 15) is 19.7 Å². The van der Waals surface area contributed by atoms with Crippen LogP contribution in [0.1, 0.15) is 43.0 Å². The lowest BCUT2D eigenvalue weighted by molar-refractivity contribution is -0.384. The van der Waals surface area contributed by atoms with E-state index in [1.165, 1.54) is 6.07 Å². The van der Waals surface area contributed by atoms with Gasteiger partial charge < -0.3 is 15.1 Å². The maximum Gasteiger partial charge on any atom is 0.293 e. The van der Waals surface area contributed by atoms with E-state index < -0.39 is 4.92 Å². The quantitative estimate of drug-likeness (QED) is 0.541. The summed E-state index contributed by atoms with van der Waals surface area (Å²) in [6.45, 7) is 4.54. The van der Waals surface area contributed by atoms with Crippen LogP contribution in [0.25, 0.3) is 0 Å². The third kappa shape index (κ3) is 5.32. The first-order valence-electron chi connectivity index (χ1n) is 11.6. The lowest BCUT2D eigenvalue weighted by Crippen LogP contribution is -2.43. The molecule has 0 unspecified atom stereocenters. The largest absolute Gasteiger partial charge is 0.366 e. The van der Waals surface area contributed by atoms with Crippen LogP contribution in [0.3, 0.4) is 0 Å². The molecule has 2 heterocycles. The second kappa shape index (κ2) is 10.0. The van der Waals surface area contributed by atoms with Gasteiger partial charge >= 0.3 is 0 Å². The van der Waals surface area contributed by atoms with Crippen molar-refractivity contribution < 1.29 is 14.5 Å². The van der Waals surface area contributed by atoms with Gasteiger partial charge in [0.05, 0.1) is 10.8 Å². The average molecular weight is 451 g/mol. The van der Waals surface area contributed by atoms with Crippen LogP contribution < -0.4 is 10.2 Å². The Morgan fingerprint density at radius 3 is 2.52 bits per heavy atom. The SMILES string of the molecule is C[C@@H]1CCCN(c2ccc(C(=O)N3CCC[C@H](C(=O)Nc4ccccc4)C3)cc2[N+](=O)[O-])C1. The molecular weight excluding hydrogens is 420 g/mol. The number of piperidine rings is 2. The maximum atomic E-state index is 13.2. The molecular formula is C25H30N4O4. The van der Waals surface area contributed by atoms with E-state index >= 15 is 0 Å². The van der Waals surface area contributed by atoms with Gasteiger partial charge in [0.2, 0.25) is 5.91 Å². The van der Waals surface area contributed by atoms with Crippen LogP contribution in [-0.4, -0.2) is 47.8 Å². The lowest BCUT2D eigenvalue weighted by Gasteiger charge is -2.33. The molecule has 0 spiro atoms. The zero-order valence-electron chi connectivity index (χ0n) is 18.9. The molecule has 0 aliphatic carbocycles. The first-order chi connectivity index (χ1) is 15.9. The van der Waals surface area contributed by atoms with E-state index in [1.54, 1.807) is 17.0 Å². The fraction of sp³-hybridized carbons (Fsp3) is 0.440. The summed E-state index contributed by atoms with van der Waals surface area (Å²) in [5.41, 5.74) is 1.55. The number of amides is 2. The Bertz CT molecular complexity index is 1030. The third-order valence-electron chi connectivity index (χ3n) is 6.54. The fourth-order valence-corrected chi connectivity index (χ4v) is 4.80. The van der Waals surface area contributed by atoms with Crippen LogP contribution in [0.2, 0.25) is 0 Å². The molecule has 2 aliphatic heterocycles. The number of nitro benzene ring substituents is 1. The fourth-order valence-electron chi connectivity index (χ4n) is 4.80.